The van der Waals surface area contributed by atoms with E-state index in [9.17, 15) is 14.4 Å². The molecule has 6 nitrogen and oxygen atoms in total. The Morgan fingerprint density at radius 2 is 0.513 bits per heavy atom. The molecule has 0 aromatic heterocycles. The van der Waals surface area contributed by atoms with Gasteiger partial charge in [-0.25, -0.2) is 0 Å². The first-order valence-corrected chi connectivity index (χ1v) is 32.6. The summed E-state index contributed by atoms with van der Waals surface area (Å²) in [6.45, 7) is 6.47. The van der Waals surface area contributed by atoms with Crippen LogP contribution in [0.1, 0.15) is 323 Å². The maximum Gasteiger partial charge on any atom is 0.306 e. The van der Waals surface area contributed by atoms with Crippen LogP contribution in [0.4, 0.5) is 0 Å². The predicted octanol–water partition coefficient (Wildman–Crippen LogP) is 22.3. The Morgan fingerprint density at radius 1 is 0.276 bits per heavy atom. The van der Waals surface area contributed by atoms with Crippen molar-refractivity contribution in [2.45, 2.75) is 329 Å². The minimum Gasteiger partial charge on any atom is -0.462 e. The topological polar surface area (TPSA) is 78.9 Å². The number of rotatable bonds is 59. The molecule has 0 bridgehead atoms. The van der Waals surface area contributed by atoms with Crippen LogP contribution >= 0.6 is 0 Å². The molecule has 0 aliphatic rings. The Morgan fingerprint density at radius 3 is 0.868 bits per heavy atom. The summed E-state index contributed by atoms with van der Waals surface area (Å²) in [5.41, 5.74) is 0. The van der Waals surface area contributed by atoms with E-state index in [1.54, 1.807) is 0 Å². The predicted molar refractivity (Wildman–Crippen MR) is 330 cm³/mol. The molecule has 1 unspecified atom stereocenters. The van der Waals surface area contributed by atoms with E-state index in [-0.39, 0.29) is 37.5 Å². The van der Waals surface area contributed by atoms with Gasteiger partial charge in [0.1, 0.15) is 13.2 Å². The number of unbranched alkanes of at least 4 members (excludes halogenated alkanes) is 34. The summed E-state index contributed by atoms with van der Waals surface area (Å²) in [4.78, 5) is 38.2. The molecule has 0 spiro atoms. The fourth-order valence-electron chi connectivity index (χ4n) is 9.23. The number of hydrogen-bond donors (Lipinski definition) is 0. The van der Waals surface area contributed by atoms with Crippen LogP contribution in [-0.4, -0.2) is 37.2 Å². The minimum absolute atomic E-state index is 0.0936. The summed E-state index contributed by atoms with van der Waals surface area (Å²) in [7, 11) is 0. The van der Waals surface area contributed by atoms with Crippen LogP contribution in [0.25, 0.3) is 0 Å². The fourth-order valence-corrected chi connectivity index (χ4v) is 9.23. The summed E-state index contributed by atoms with van der Waals surface area (Å²) in [6.07, 6.45) is 84.8. The van der Waals surface area contributed by atoms with E-state index in [1.165, 1.54) is 186 Å². The molecule has 0 aromatic rings. The van der Waals surface area contributed by atoms with Crippen molar-refractivity contribution in [3.63, 3.8) is 0 Å². The second-order valence-electron chi connectivity index (χ2n) is 21.6. The van der Waals surface area contributed by atoms with E-state index in [4.69, 9.17) is 14.2 Å². The monoisotopic (exact) mass is 1060 g/mol. The molecule has 76 heavy (non-hydrogen) atoms. The third kappa shape index (κ3) is 61.4. The second kappa shape index (κ2) is 64.1. The molecule has 438 valence electrons. The quantitative estimate of drug-likeness (QED) is 0.0261. The molecule has 0 N–H and O–H groups in total. The van der Waals surface area contributed by atoms with E-state index in [0.29, 0.717) is 19.3 Å². The zero-order chi connectivity index (χ0) is 55.0. The van der Waals surface area contributed by atoms with Gasteiger partial charge in [0.2, 0.25) is 0 Å². The first kappa shape index (κ1) is 72.6. The van der Waals surface area contributed by atoms with Crippen LogP contribution < -0.4 is 0 Å². The smallest absolute Gasteiger partial charge is 0.306 e. The Labute approximate surface area is 471 Å². The highest BCUT2D eigenvalue weighted by Gasteiger charge is 2.19. The fraction of sp³-hybridized carbons (Fsp3) is 0.757. The molecule has 0 saturated heterocycles. The lowest BCUT2D eigenvalue weighted by Crippen LogP contribution is -2.30. The van der Waals surface area contributed by atoms with Crippen molar-refractivity contribution in [3.05, 3.63) is 85.1 Å². The molecule has 0 aromatic carbocycles. The minimum atomic E-state index is -0.801. The highest BCUT2D eigenvalue weighted by atomic mass is 16.6. The van der Waals surface area contributed by atoms with Gasteiger partial charge in [0.25, 0.3) is 0 Å². The van der Waals surface area contributed by atoms with Gasteiger partial charge in [-0.05, 0) is 116 Å². The van der Waals surface area contributed by atoms with Crippen molar-refractivity contribution in [2.75, 3.05) is 13.2 Å². The normalized spacial score (nSPS) is 12.6. The first-order valence-electron chi connectivity index (χ1n) is 32.6. The summed E-state index contributed by atoms with van der Waals surface area (Å²) in [6, 6.07) is 0. The number of allylic oxidation sites excluding steroid dienone is 14. The zero-order valence-electron chi connectivity index (χ0n) is 50.3. The first-order chi connectivity index (χ1) is 37.5. The molecule has 0 fully saturated rings. The van der Waals surface area contributed by atoms with E-state index in [2.05, 4.69) is 106 Å². The molecule has 0 aliphatic heterocycles. The van der Waals surface area contributed by atoms with Crippen molar-refractivity contribution < 1.29 is 28.6 Å². The van der Waals surface area contributed by atoms with Crippen LogP contribution in [0.2, 0.25) is 0 Å². The Bertz CT molecular complexity index is 1450. The number of carbonyl (C=O) groups is 3. The molecule has 1 atom stereocenters. The van der Waals surface area contributed by atoms with Crippen molar-refractivity contribution in [2.24, 2.45) is 0 Å². The molecule has 0 radical (unpaired) electrons. The van der Waals surface area contributed by atoms with Gasteiger partial charge in [0, 0.05) is 19.3 Å². The van der Waals surface area contributed by atoms with Gasteiger partial charge >= 0.3 is 17.9 Å². The Balaban J connectivity index is 4.17. The number of ether oxygens (including phenoxy) is 3. The van der Waals surface area contributed by atoms with E-state index in [1.807, 2.05) is 0 Å². The SMILES string of the molecule is CC/C=C\C/C=C\C/C=C\C/C=C\CCCCC(=O)OC(COC(=O)CCCCCCC/C=C\CCCCC)COC(=O)CCCCCCCCCCCCCCCCCCCCC/C=C\C/C=C\CCCCCCC. The maximum atomic E-state index is 12.8. The van der Waals surface area contributed by atoms with Crippen LogP contribution in [0.3, 0.4) is 0 Å². The molecular formula is C70H122O6. The van der Waals surface area contributed by atoms with Gasteiger partial charge in [-0.3, -0.25) is 14.4 Å². The van der Waals surface area contributed by atoms with Gasteiger partial charge in [-0.15, -0.1) is 0 Å². The largest absolute Gasteiger partial charge is 0.462 e. The highest BCUT2D eigenvalue weighted by molar-refractivity contribution is 5.71. The van der Waals surface area contributed by atoms with Gasteiger partial charge in [0.15, 0.2) is 6.10 Å². The van der Waals surface area contributed by atoms with Crippen molar-refractivity contribution in [1.29, 1.82) is 0 Å². The molecular weight excluding hydrogens is 937 g/mol. The number of carbonyl (C=O) groups excluding carboxylic acids is 3. The third-order valence-corrected chi connectivity index (χ3v) is 14.1. The van der Waals surface area contributed by atoms with Crippen molar-refractivity contribution in [3.8, 4) is 0 Å². The molecule has 6 heteroatoms. The Kier molecular flexibility index (Phi) is 61.2. The average Bonchev–Trinajstić information content (AvgIpc) is 3.42. The van der Waals surface area contributed by atoms with Crippen molar-refractivity contribution in [1.82, 2.24) is 0 Å². The van der Waals surface area contributed by atoms with E-state index in [0.717, 1.165) is 89.9 Å². The zero-order valence-corrected chi connectivity index (χ0v) is 50.3. The average molecular weight is 1060 g/mol. The number of hydrogen-bond acceptors (Lipinski definition) is 6. The molecule has 0 amide bonds. The van der Waals surface area contributed by atoms with Gasteiger partial charge in [-0.1, -0.05) is 273 Å². The van der Waals surface area contributed by atoms with Gasteiger partial charge in [-0.2, -0.15) is 0 Å². The summed E-state index contributed by atoms with van der Waals surface area (Å²) in [5.74, 6) is -0.935. The van der Waals surface area contributed by atoms with E-state index >= 15 is 0 Å². The highest BCUT2D eigenvalue weighted by Crippen LogP contribution is 2.17. The molecule has 0 aliphatic carbocycles. The molecule has 0 rings (SSSR count). The number of esters is 3. The van der Waals surface area contributed by atoms with Crippen LogP contribution in [0, 0.1) is 0 Å². The maximum absolute atomic E-state index is 12.8. The standard InChI is InChI=1S/C70H122O6/c1-4-7-10-13-16-19-22-25-27-28-29-30-31-32-33-34-35-36-37-38-39-40-41-42-44-45-48-51-54-57-60-63-69(72)75-66-67(65-74-68(71)62-59-56-53-50-47-24-21-18-15-12-9-6-3)76-70(73)64-61-58-55-52-49-46-43-26-23-20-17-14-11-8-5-2/h8,11,17-18,20-22,25-26,28-29,43,49,52,67H,4-7,9-10,12-16,19,23-24,27,30-42,44-48,50-51,53-66H2,1-3H3/b11-8-,20-17-,21-18-,25-22-,29-28-,43-26-,52-49-. The lowest BCUT2D eigenvalue weighted by atomic mass is 10.0. The summed E-state index contributed by atoms with van der Waals surface area (Å²) in [5, 5.41) is 0. The molecule has 0 heterocycles. The van der Waals surface area contributed by atoms with Gasteiger partial charge in [0.05, 0.1) is 0 Å². The van der Waals surface area contributed by atoms with Gasteiger partial charge < -0.3 is 14.2 Å². The van der Waals surface area contributed by atoms with Crippen LogP contribution in [0.15, 0.2) is 85.1 Å². The second-order valence-corrected chi connectivity index (χ2v) is 21.6. The van der Waals surface area contributed by atoms with Crippen LogP contribution in [0.5, 0.6) is 0 Å². The Hall–Kier alpha value is -3.41. The lowest BCUT2D eigenvalue weighted by molar-refractivity contribution is -0.167. The van der Waals surface area contributed by atoms with E-state index < -0.39 is 6.10 Å². The van der Waals surface area contributed by atoms with Crippen LogP contribution in [-0.2, 0) is 28.6 Å². The van der Waals surface area contributed by atoms with Crippen molar-refractivity contribution >= 4 is 17.9 Å². The third-order valence-electron chi connectivity index (χ3n) is 14.1. The lowest BCUT2D eigenvalue weighted by Gasteiger charge is -2.18. The summed E-state index contributed by atoms with van der Waals surface area (Å²) < 4.78 is 16.8. The molecule has 0 saturated carbocycles. The summed E-state index contributed by atoms with van der Waals surface area (Å²) >= 11 is 0.